The summed E-state index contributed by atoms with van der Waals surface area (Å²) in [6, 6.07) is 6.35. The van der Waals surface area contributed by atoms with Crippen LogP contribution in [0.1, 0.15) is 30.4 Å². The first-order valence-electron chi connectivity index (χ1n) is 9.80. The van der Waals surface area contributed by atoms with Crippen molar-refractivity contribution in [2.24, 2.45) is 17.3 Å². The molecule has 1 amide bonds. The molecular weight excluding hydrogens is 328 g/mol. The van der Waals surface area contributed by atoms with Gasteiger partial charge in [-0.3, -0.25) is 9.69 Å². The molecule has 3 aliphatic rings. The zero-order valence-corrected chi connectivity index (χ0v) is 15.9. The van der Waals surface area contributed by atoms with E-state index < -0.39 is 0 Å². The minimum Gasteiger partial charge on any atom is -0.496 e. The van der Waals surface area contributed by atoms with Crippen LogP contribution in [0.2, 0.25) is 0 Å². The second-order valence-corrected chi connectivity index (χ2v) is 8.51. The molecule has 5 nitrogen and oxygen atoms in total. The van der Waals surface area contributed by atoms with Gasteiger partial charge in [0.15, 0.2) is 0 Å². The predicted molar refractivity (Wildman–Crippen MR) is 99.9 cm³/mol. The summed E-state index contributed by atoms with van der Waals surface area (Å²) >= 11 is 0. The third-order valence-electron chi connectivity index (χ3n) is 6.56. The molecule has 2 heterocycles. The van der Waals surface area contributed by atoms with Gasteiger partial charge in [0.1, 0.15) is 5.75 Å². The Morgan fingerprint density at radius 3 is 2.77 bits per heavy atom. The van der Waals surface area contributed by atoms with Crippen LogP contribution in [0.4, 0.5) is 0 Å². The first-order valence-corrected chi connectivity index (χ1v) is 9.80. The highest BCUT2D eigenvalue weighted by Crippen LogP contribution is 2.44. The molecule has 0 bridgehead atoms. The Hall–Kier alpha value is -1.59. The molecule has 3 fully saturated rings. The molecule has 1 aromatic rings. The van der Waals surface area contributed by atoms with E-state index in [1.807, 2.05) is 11.0 Å². The van der Waals surface area contributed by atoms with E-state index in [2.05, 4.69) is 24.0 Å². The molecule has 1 aliphatic carbocycles. The van der Waals surface area contributed by atoms with Crippen LogP contribution in [0.25, 0.3) is 0 Å². The molecule has 1 N–H and O–H groups in total. The summed E-state index contributed by atoms with van der Waals surface area (Å²) in [6.45, 7) is 6.59. The average Bonchev–Trinajstić information content (AvgIpc) is 3.41. The van der Waals surface area contributed by atoms with Crippen LogP contribution in [0.3, 0.4) is 0 Å². The van der Waals surface area contributed by atoms with Gasteiger partial charge in [-0.25, -0.2) is 0 Å². The first kappa shape index (κ1) is 17.8. The van der Waals surface area contributed by atoms with Crippen LogP contribution in [-0.4, -0.2) is 60.7 Å². The van der Waals surface area contributed by atoms with Crippen molar-refractivity contribution >= 4 is 5.91 Å². The lowest BCUT2D eigenvalue weighted by Crippen LogP contribution is -2.50. The molecule has 2 aliphatic heterocycles. The predicted octanol–water partition coefficient (Wildman–Crippen LogP) is 2.06. The fourth-order valence-electron chi connectivity index (χ4n) is 4.89. The van der Waals surface area contributed by atoms with Gasteiger partial charge < -0.3 is 14.7 Å². The molecule has 1 aromatic carbocycles. The fraction of sp³-hybridized carbons (Fsp3) is 0.667. The van der Waals surface area contributed by atoms with Gasteiger partial charge in [-0.15, -0.1) is 0 Å². The number of methoxy groups -OCH3 is 1. The van der Waals surface area contributed by atoms with Gasteiger partial charge in [0.05, 0.1) is 13.7 Å². The van der Waals surface area contributed by atoms with E-state index in [9.17, 15) is 9.90 Å². The third kappa shape index (κ3) is 3.23. The summed E-state index contributed by atoms with van der Waals surface area (Å²) in [7, 11) is 1.70. The van der Waals surface area contributed by atoms with Crippen LogP contribution in [0.15, 0.2) is 18.2 Å². The number of nitrogens with zero attached hydrogens (tertiary/aromatic N) is 2. The number of likely N-dealkylation sites (tertiary alicyclic amines) is 2. The molecule has 5 heteroatoms. The van der Waals surface area contributed by atoms with Gasteiger partial charge in [0, 0.05) is 37.5 Å². The third-order valence-corrected chi connectivity index (χ3v) is 6.56. The second kappa shape index (κ2) is 6.86. The number of fused-ring (bicyclic) bond motifs is 1. The Morgan fingerprint density at radius 1 is 1.31 bits per heavy atom. The Labute approximate surface area is 155 Å². The Morgan fingerprint density at radius 2 is 2.12 bits per heavy atom. The van der Waals surface area contributed by atoms with Crippen LogP contribution in [0.5, 0.6) is 5.75 Å². The number of carbonyl (C=O) groups is 1. The van der Waals surface area contributed by atoms with E-state index in [1.54, 1.807) is 7.11 Å². The smallest absolute Gasteiger partial charge is 0.225 e. The summed E-state index contributed by atoms with van der Waals surface area (Å²) in [6.07, 6.45) is 3.16. The molecule has 142 valence electrons. The molecule has 2 saturated heterocycles. The second-order valence-electron chi connectivity index (χ2n) is 8.51. The zero-order valence-electron chi connectivity index (χ0n) is 15.9. The molecule has 0 aromatic heterocycles. The maximum atomic E-state index is 12.5. The highest BCUT2D eigenvalue weighted by molar-refractivity contribution is 5.81. The number of hydrogen-bond acceptors (Lipinski definition) is 4. The number of aliphatic hydroxyl groups excluding tert-OH is 1. The number of aliphatic hydroxyl groups is 1. The normalized spacial score (nSPS) is 28.9. The molecule has 1 saturated carbocycles. The van der Waals surface area contributed by atoms with Crippen molar-refractivity contribution in [1.29, 1.82) is 0 Å². The van der Waals surface area contributed by atoms with Crippen LogP contribution in [-0.2, 0) is 11.3 Å². The van der Waals surface area contributed by atoms with Gasteiger partial charge in [0.25, 0.3) is 0 Å². The molecule has 4 rings (SSSR count). The number of amides is 1. The molecule has 0 spiro atoms. The quantitative estimate of drug-likeness (QED) is 0.875. The van der Waals surface area contributed by atoms with E-state index in [0.717, 1.165) is 63.3 Å². The van der Waals surface area contributed by atoms with Gasteiger partial charge in [-0.1, -0.05) is 12.1 Å². The van der Waals surface area contributed by atoms with E-state index in [4.69, 9.17) is 4.74 Å². The van der Waals surface area contributed by atoms with E-state index in [1.165, 1.54) is 5.56 Å². The number of ether oxygens (including phenoxy) is 1. The van der Waals surface area contributed by atoms with Gasteiger partial charge >= 0.3 is 0 Å². The van der Waals surface area contributed by atoms with Crippen molar-refractivity contribution in [3.05, 3.63) is 29.3 Å². The number of rotatable bonds is 5. The first-order chi connectivity index (χ1) is 12.5. The van der Waals surface area contributed by atoms with Gasteiger partial charge in [-0.2, -0.15) is 0 Å². The number of piperidine rings is 1. The van der Waals surface area contributed by atoms with Crippen molar-refractivity contribution in [2.45, 2.75) is 32.7 Å². The number of aryl methyl sites for hydroxylation is 1. The number of hydrogen-bond donors (Lipinski definition) is 1. The maximum Gasteiger partial charge on any atom is 0.225 e. The minimum absolute atomic E-state index is 0.148. The minimum atomic E-state index is -0.148. The maximum absolute atomic E-state index is 12.5. The lowest BCUT2D eigenvalue weighted by molar-refractivity contribution is -0.132. The van der Waals surface area contributed by atoms with Crippen molar-refractivity contribution < 1.29 is 14.6 Å². The topological polar surface area (TPSA) is 53.0 Å². The monoisotopic (exact) mass is 358 g/mol. The number of carbonyl (C=O) groups excluding carboxylic acids is 1. The lowest BCUT2D eigenvalue weighted by Gasteiger charge is -2.43. The van der Waals surface area contributed by atoms with Gasteiger partial charge in [-0.05, 0) is 55.8 Å². The highest BCUT2D eigenvalue weighted by Gasteiger charge is 2.51. The molecule has 0 radical (unpaired) electrons. The zero-order chi connectivity index (χ0) is 18.3. The summed E-state index contributed by atoms with van der Waals surface area (Å²) in [4.78, 5) is 17.0. The Kier molecular flexibility index (Phi) is 4.70. The molecular formula is C21H30N2O3. The summed E-state index contributed by atoms with van der Waals surface area (Å²) in [5, 5.41) is 10.2. The Bertz CT molecular complexity index is 688. The molecule has 26 heavy (non-hydrogen) atoms. The van der Waals surface area contributed by atoms with E-state index >= 15 is 0 Å². The van der Waals surface area contributed by atoms with E-state index in [0.29, 0.717) is 11.8 Å². The summed E-state index contributed by atoms with van der Waals surface area (Å²) < 4.78 is 5.35. The standard InChI is InChI=1S/C21H30N2O3/c1-15-9-16(3-6-19(15)26-2)10-22-8-7-18-11-23(20(25)17-4-5-17)13-21(18,12-22)14-24/h3,6,9,17-18,24H,4-5,7-8,10-14H2,1-2H3/t18-,21+/m0/s1. The Balaban J connectivity index is 1.44. The van der Waals surface area contributed by atoms with Crippen molar-refractivity contribution in [1.82, 2.24) is 9.80 Å². The van der Waals surface area contributed by atoms with Crippen molar-refractivity contribution in [3.8, 4) is 5.75 Å². The SMILES string of the molecule is COc1ccc(CN2CC[C@H]3CN(C(=O)C4CC4)C[C@@]3(CO)C2)cc1C. The number of benzene rings is 1. The van der Waals surface area contributed by atoms with Gasteiger partial charge in [0.2, 0.25) is 5.91 Å². The van der Waals surface area contributed by atoms with Crippen LogP contribution < -0.4 is 4.74 Å². The summed E-state index contributed by atoms with van der Waals surface area (Å²) in [5.74, 6) is 1.95. The highest BCUT2D eigenvalue weighted by atomic mass is 16.5. The molecule has 0 unspecified atom stereocenters. The van der Waals surface area contributed by atoms with E-state index in [-0.39, 0.29) is 17.9 Å². The van der Waals surface area contributed by atoms with Crippen LogP contribution >= 0.6 is 0 Å². The molecule has 2 atom stereocenters. The fourth-order valence-corrected chi connectivity index (χ4v) is 4.89. The lowest BCUT2D eigenvalue weighted by atomic mass is 9.74. The van der Waals surface area contributed by atoms with Crippen LogP contribution in [0, 0.1) is 24.2 Å². The summed E-state index contributed by atoms with van der Waals surface area (Å²) in [5.41, 5.74) is 2.28. The largest absolute Gasteiger partial charge is 0.496 e. The van der Waals surface area contributed by atoms with Crippen molar-refractivity contribution in [2.75, 3.05) is 39.9 Å². The van der Waals surface area contributed by atoms with Crippen molar-refractivity contribution in [3.63, 3.8) is 0 Å². The average molecular weight is 358 g/mol.